The summed E-state index contributed by atoms with van der Waals surface area (Å²) in [5, 5.41) is 48.0. The van der Waals surface area contributed by atoms with Crippen molar-refractivity contribution < 1.29 is 34.8 Å². The number of rotatable bonds is 2. The number of aliphatic hydroxyl groups excluding tert-OH is 2. The maximum atomic E-state index is 13.9. The number of benzene rings is 1. The van der Waals surface area contributed by atoms with Gasteiger partial charge in [0.1, 0.15) is 22.8 Å². The van der Waals surface area contributed by atoms with Crippen molar-refractivity contribution in [2.24, 2.45) is 17.1 Å². The van der Waals surface area contributed by atoms with Crippen molar-refractivity contribution in [1.29, 1.82) is 0 Å². The number of Topliss-reactive ketones (excluding diaryl/α,β-unsaturated/α-hetero) is 2. The third-order valence-electron chi connectivity index (χ3n) is 9.36. The van der Waals surface area contributed by atoms with Gasteiger partial charge in [-0.15, -0.1) is 0 Å². The van der Waals surface area contributed by atoms with Crippen molar-refractivity contribution in [2.75, 3.05) is 13.6 Å². The topological polar surface area (TPSA) is 173 Å². The molecular weight excluding hydrogens is 466 g/mol. The Bertz CT molecular complexity index is 1330. The van der Waals surface area contributed by atoms with Gasteiger partial charge in [0.05, 0.1) is 17.0 Å². The number of carbonyl (C=O) groups excluding carboxylic acids is 3. The molecule has 190 valence electrons. The Morgan fingerprint density at radius 3 is 2.56 bits per heavy atom. The number of hydrogen-bond acceptors (Lipinski definition) is 9. The van der Waals surface area contributed by atoms with Gasteiger partial charge in [-0.1, -0.05) is 6.07 Å². The molecule has 1 aromatic carbocycles. The molecule has 1 saturated carbocycles. The zero-order chi connectivity index (χ0) is 25.9. The number of phenolic OH excluding ortho intramolecular Hbond substituents is 1. The van der Waals surface area contributed by atoms with Gasteiger partial charge >= 0.3 is 0 Å². The number of aromatic hydroxyl groups is 1. The number of nitrogens with zero attached hydrogens (tertiary/aromatic N) is 1. The van der Waals surface area contributed by atoms with Gasteiger partial charge in [0.2, 0.25) is 5.78 Å². The predicted octanol–water partition coefficient (Wildman–Crippen LogP) is 0.531. The van der Waals surface area contributed by atoms with E-state index in [0.717, 1.165) is 24.9 Å². The Hall–Kier alpha value is -3.21. The van der Waals surface area contributed by atoms with E-state index in [2.05, 4.69) is 10.2 Å². The molecule has 0 radical (unpaired) electrons. The minimum Gasteiger partial charge on any atom is -0.508 e. The molecule has 0 aromatic heterocycles. The minimum atomic E-state index is -2.62. The molecule has 10 nitrogen and oxygen atoms in total. The second kappa shape index (κ2) is 7.18. The van der Waals surface area contributed by atoms with E-state index in [0.29, 0.717) is 12.0 Å². The van der Waals surface area contributed by atoms with E-state index >= 15 is 0 Å². The first-order valence-electron chi connectivity index (χ1n) is 12.3. The van der Waals surface area contributed by atoms with Crippen molar-refractivity contribution in [2.45, 2.75) is 56.3 Å². The highest BCUT2D eigenvalue weighted by molar-refractivity contribution is 6.25. The molecule has 1 spiro atoms. The van der Waals surface area contributed by atoms with Crippen LogP contribution in [0, 0.1) is 11.3 Å². The van der Waals surface area contributed by atoms with Crippen LogP contribution in [-0.4, -0.2) is 74.1 Å². The second-order valence-corrected chi connectivity index (χ2v) is 10.9. The fourth-order valence-electron chi connectivity index (χ4n) is 7.63. The van der Waals surface area contributed by atoms with Crippen LogP contribution in [0.5, 0.6) is 5.75 Å². The lowest BCUT2D eigenvalue weighted by atomic mass is 9.44. The standard InChI is InChI=1S/C26H29N3O7/c1-10-25-9-13-7-12-6-11(14-4-3-5-29(14)2)8-15(30)16(12)19(31)17(13)22(33)26(25,36)23(34)18(24(27)35)20(32)21(25)28-10/h6,8,10,13-14,21,28,30-31,34,36H,3-5,7,9H2,1-2H3,(H2,27,35)/t10-,13+,14?,21-,25-,26+/m1/s1. The molecule has 3 fully saturated rings. The van der Waals surface area contributed by atoms with E-state index in [4.69, 9.17) is 5.73 Å². The van der Waals surface area contributed by atoms with Crippen molar-refractivity contribution >= 4 is 23.2 Å². The summed E-state index contributed by atoms with van der Waals surface area (Å²) in [6, 6.07) is 2.05. The summed E-state index contributed by atoms with van der Waals surface area (Å²) >= 11 is 0. The summed E-state index contributed by atoms with van der Waals surface area (Å²) in [5.74, 6) is -5.24. The first-order valence-corrected chi connectivity index (χ1v) is 12.3. The average molecular weight is 496 g/mol. The number of phenols is 1. The summed E-state index contributed by atoms with van der Waals surface area (Å²) < 4.78 is 0. The molecule has 1 amide bonds. The molecule has 0 bridgehead atoms. The van der Waals surface area contributed by atoms with Gasteiger partial charge in [0.15, 0.2) is 11.4 Å². The molecule has 3 aliphatic carbocycles. The minimum absolute atomic E-state index is 0.100. The molecule has 1 aromatic rings. The average Bonchev–Trinajstić information content (AvgIpc) is 3.23. The van der Waals surface area contributed by atoms with Crippen LogP contribution in [0.2, 0.25) is 0 Å². The first-order chi connectivity index (χ1) is 16.9. The van der Waals surface area contributed by atoms with Gasteiger partial charge < -0.3 is 31.5 Å². The molecule has 10 heteroatoms. The molecule has 5 aliphatic rings. The number of fused-ring (bicyclic) bond motifs is 2. The summed E-state index contributed by atoms with van der Waals surface area (Å²) in [5.41, 5.74) is 2.09. The van der Waals surface area contributed by atoms with E-state index in [1.165, 1.54) is 0 Å². The first kappa shape index (κ1) is 23.2. The maximum Gasteiger partial charge on any atom is 0.255 e. The van der Waals surface area contributed by atoms with E-state index < -0.39 is 63.6 Å². The van der Waals surface area contributed by atoms with Crippen LogP contribution in [0.25, 0.3) is 5.76 Å². The number of primary amides is 1. The number of carbonyl (C=O) groups is 3. The van der Waals surface area contributed by atoms with Gasteiger partial charge in [-0.2, -0.15) is 0 Å². The summed E-state index contributed by atoms with van der Waals surface area (Å²) in [7, 11) is 2.02. The number of nitrogens with one attached hydrogen (secondary N) is 1. The van der Waals surface area contributed by atoms with Crippen LogP contribution in [0.3, 0.4) is 0 Å². The van der Waals surface area contributed by atoms with E-state index in [-0.39, 0.29) is 29.3 Å². The quantitative estimate of drug-likeness (QED) is 0.320. The van der Waals surface area contributed by atoms with Gasteiger partial charge in [-0.05, 0) is 69.3 Å². The highest BCUT2D eigenvalue weighted by Gasteiger charge is 2.77. The molecule has 6 rings (SSSR count). The third kappa shape index (κ3) is 2.49. The predicted molar refractivity (Wildman–Crippen MR) is 127 cm³/mol. The number of likely N-dealkylation sites (tertiary alicyclic amines) is 1. The van der Waals surface area contributed by atoms with Crippen LogP contribution in [0.1, 0.15) is 48.9 Å². The van der Waals surface area contributed by atoms with Gasteiger partial charge in [0, 0.05) is 17.7 Å². The Balaban J connectivity index is 1.54. The normalized spacial score (nSPS) is 37.8. The zero-order valence-corrected chi connectivity index (χ0v) is 20.0. The lowest BCUT2D eigenvalue weighted by molar-refractivity contribution is -0.195. The Kier molecular flexibility index (Phi) is 4.63. The highest BCUT2D eigenvalue weighted by Crippen LogP contribution is 2.62. The molecule has 6 atom stereocenters. The van der Waals surface area contributed by atoms with E-state index in [9.17, 15) is 34.8 Å². The van der Waals surface area contributed by atoms with Gasteiger partial charge in [-0.25, -0.2) is 0 Å². The second-order valence-electron chi connectivity index (χ2n) is 10.9. The van der Waals surface area contributed by atoms with Gasteiger partial charge in [0.25, 0.3) is 5.91 Å². The number of amides is 1. The SMILES string of the molecule is C[C@H]1N[C@@H]2C(=O)C(C(N)=O)=C(O)[C@@]3(O)C(=O)C4=C(O)c5c(O)cc(C6CCCN6C)cc5C[C@H]4C[C@]213. The van der Waals surface area contributed by atoms with Crippen molar-refractivity contribution in [1.82, 2.24) is 10.2 Å². The largest absolute Gasteiger partial charge is 0.508 e. The maximum absolute atomic E-state index is 13.9. The van der Waals surface area contributed by atoms with Crippen LogP contribution in [0.4, 0.5) is 0 Å². The lowest BCUT2D eigenvalue weighted by Gasteiger charge is -2.66. The number of hydrogen-bond donors (Lipinski definition) is 6. The van der Waals surface area contributed by atoms with Crippen LogP contribution >= 0.6 is 0 Å². The molecular formula is C26H29N3O7. The van der Waals surface area contributed by atoms with Crippen LogP contribution in [-0.2, 0) is 20.8 Å². The lowest BCUT2D eigenvalue weighted by Crippen LogP contribution is -2.85. The Morgan fingerprint density at radius 2 is 1.94 bits per heavy atom. The number of aliphatic hydroxyl groups is 3. The third-order valence-corrected chi connectivity index (χ3v) is 9.36. The smallest absolute Gasteiger partial charge is 0.255 e. The summed E-state index contributed by atoms with van der Waals surface area (Å²) in [4.78, 5) is 41.2. The summed E-state index contributed by atoms with van der Waals surface area (Å²) in [6.07, 6.45) is 2.39. The fraction of sp³-hybridized carbons (Fsp3) is 0.500. The van der Waals surface area contributed by atoms with Crippen molar-refractivity contribution in [3.8, 4) is 5.75 Å². The molecule has 2 heterocycles. The molecule has 1 unspecified atom stereocenters. The molecule has 2 aliphatic heterocycles. The molecule has 2 saturated heterocycles. The molecule has 36 heavy (non-hydrogen) atoms. The van der Waals surface area contributed by atoms with Gasteiger partial charge in [-0.3, -0.25) is 19.3 Å². The zero-order valence-electron chi connectivity index (χ0n) is 20.0. The van der Waals surface area contributed by atoms with Crippen molar-refractivity contribution in [3.05, 3.63) is 45.7 Å². The van der Waals surface area contributed by atoms with E-state index in [1.807, 2.05) is 13.1 Å². The summed E-state index contributed by atoms with van der Waals surface area (Å²) in [6.45, 7) is 2.65. The van der Waals surface area contributed by atoms with Crippen LogP contribution < -0.4 is 11.1 Å². The van der Waals surface area contributed by atoms with Crippen molar-refractivity contribution in [3.63, 3.8) is 0 Å². The van der Waals surface area contributed by atoms with Crippen LogP contribution in [0.15, 0.2) is 29.0 Å². The Labute approximate surface area is 207 Å². The highest BCUT2D eigenvalue weighted by atomic mass is 16.4. The van der Waals surface area contributed by atoms with E-state index in [1.54, 1.807) is 13.0 Å². The monoisotopic (exact) mass is 495 g/mol. The number of nitrogens with two attached hydrogens (primary N) is 1. The molecule has 7 N–H and O–H groups in total. The Morgan fingerprint density at radius 1 is 1.22 bits per heavy atom. The fourth-order valence-corrected chi connectivity index (χ4v) is 7.63. The number of ketones is 2.